The van der Waals surface area contributed by atoms with Crippen molar-refractivity contribution in [1.29, 1.82) is 0 Å². The largest absolute Gasteiger partial charge is 0.437 e. The van der Waals surface area contributed by atoms with Crippen LogP contribution in [0, 0.1) is 5.92 Å². The predicted octanol–water partition coefficient (Wildman–Crippen LogP) is 3.33. The number of carbonyl (C=O) groups is 2. The molecule has 0 saturated carbocycles. The van der Waals surface area contributed by atoms with E-state index in [1.807, 2.05) is 13.0 Å². The molecular formula is C18H27NO4Si. The zero-order valence-corrected chi connectivity index (χ0v) is 16.3. The molecule has 132 valence electrons. The van der Waals surface area contributed by atoms with Gasteiger partial charge in [0.05, 0.1) is 11.7 Å². The van der Waals surface area contributed by atoms with E-state index in [4.69, 9.17) is 9.16 Å². The molecular weight excluding hydrogens is 322 g/mol. The Hall–Kier alpha value is -1.66. The molecule has 2 rings (SSSR count). The molecule has 0 spiro atoms. The minimum Gasteiger partial charge on any atom is -0.437 e. The molecule has 1 aliphatic rings. The van der Waals surface area contributed by atoms with Crippen molar-refractivity contribution < 1.29 is 18.8 Å². The van der Waals surface area contributed by atoms with Crippen LogP contribution in [0.3, 0.4) is 0 Å². The van der Waals surface area contributed by atoms with Gasteiger partial charge in [-0.15, -0.1) is 0 Å². The van der Waals surface area contributed by atoms with Crippen LogP contribution in [0.5, 0.6) is 0 Å². The quantitative estimate of drug-likeness (QED) is 0.503. The van der Waals surface area contributed by atoms with E-state index in [0.717, 1.165) is 0 Å². The Bertz CT molecular complexity index is 609. The molecule has 1 N–H and O–H groups in total. The Kier molecular flexibility index (Phi) is 5.20. The third kappa shape index (κ3) is 3.87. The van der Waals surface area contributed by atoms with Gasteiger partial charge in [-0.05, 0) is 37.2 Å². The highest BCUT2D eigenvalue weighted by atomic mass is 28.4. The molecule has 0 bridgehead atoms. The fourth-order valence-corrected chi connectivity index (χ4v) is 3.83. The summed E-state index contributed by atoms with van der Waals surface area (Å²) in [7, 11) is -2.00. The lowest BCUT2D eigenvalue weighted by atomic mass is 9.93. The van der Waals surface area contributed by atoms with E-state index < -0.39 is 26.4 Å². The van der Waals surface area contributed by atoms with Gasteiger partial charge in [-0.2, -0.15) is 0 Å². The Balaban J connectivity index is 2.02. The predicted molar refractivity (Wildman–Crippen MR) is 95.0 cm³/mol. The van der Waals surface area contributed by atoms with Crippen LogP contribution in [-0.4, -0.2) is 32.5 Å². The zero-order valence-electron chi connectivity index (χ0n) is 15.3. The summed E-state index contributed by atoms with van der Waals surface area (Å²) in [6, 6.07) is 8.76. The van der Waals surface area contributed by atoms with Crippen molar-refractivity contribution in [2.24, 2.45) is 5.92 Å². The van der Waals surface area contributed by atoms with E-state index in [1.54, 1.807) is 24.3 Å². The van der Waals surface area contributed by atoms with E-state index in [1.165, 1.54) is 0 Å². The maximum atomic E-state index is 12.2. The standard InChI is InChI=1S/C18H27NO4Si/c1-12(23-24(5,6)18(2,3)4)14-15(20)19-16(14)22-17(21)13-10-8-7-9-11-13/h7-12,14,16H,1-6H3,(H,19,20)/t12-,14-,16-/m1/s1. The first-order chi connectivity index (χ1) is 11.0. The van der Waals surface area contributed by atoms with E-state index in [2.05, 4.69) is 39.2 Å². The second-order valence-electron chi connectivity index (χ2n) is 7.81. The number of esters is 1. The molecule has 1 fully saturated rings. The van der Waals surface area contributed by atoms with Gasteiger partial charge in [-0.1, -0.05) is 39.0 Å². The summed E-state index contributed by atoms with van der Waals surface area (Å²) < 4.78 is 11.7. The fourth-order valence-electron chi connectivity index (χ4n) is 2.40. The second-order valence-corrected chi connectivity index (χ2v) is 12.6. The first-order valence-electron chi connectivity index (χ1n) is 8.27. The van der Waals surface area contributed by atoms with Crippen molar-refractivity contribution in [3.8, 4) is 0 Å². The van der Waals surface area contributed by atoms with Gasteiger partial charge in [0.15, 0.2) is 14.5 Å². The van der Waals surface area contributed by atoms with Crippen LogP contribution in [0.4, 0.5) is 0 Å². The maximum absolute atomic E-state index is 12.2. The van der Waals surface area contributed by atoms with Crippen LogP contribution in [-0.2, 0) is 14.0 Å². The topological polar surface area (TPSA) is 64.6 Å². The highest BCUT2D eigenvalue weighted by molar-refractivity contribution is 6.74. The van der Waals surface area contributed by atoms with E-state index in [-0.39, 0.29) is 17.0 Å². The summed E-state index contributed by atoms with van der Waals surface area (Å²) in [6.45, 7) is 12.6. The summed E-state index contributed by atoms with van der Waals surface area (Å²) >= 11 is 0. The fraction of sp³-hybridized carbons (Fsp3) is 0.556. The van der Waals surface area contributed by atoms with Crippen molar-refractivity contribution in [3.63, 3.8) is 0 Å². The Labute approximate surface area is 144 Å². The molecule has 0 unspecified atom stereocenters. The van der Waals surface area contributed by atoms with Crippen LogP contribution >= 0.6 is 0 Å². The summed E-state index contributed by atoms with van der Waals surface area (Å²) in [6.07, 6.45) is -0.932. The van der Waals surface area contributed by atoms with Crippen molar-refractivity contribution in [2.45, 2.75) is 58.2 Å². The van der Waals surface area contributed by atoms with Crippen molar-refractivity contribution in [2.75, 3.05) is 0 Å². The molecule has 6 heteroatoms. The van der Waals surface area contributed by atoms with Crippen LogP contribution in [0.2, 0.25) is 18.1 Å². The monoisotopic (exact) mass is 349 g/mol. The molecule has 0 aliphatic carbocycles. The Morgan fingerprint density at radius 1 is 1.21 bits per heavy atom. The van der Waals surface area contributed by atoms with Gasteiger partial charge in [0, 0.05) is 0 Å². The molecule has 1 saturated heterocycles. The molecule has 1 aromatic rings. The average molecular weight is 350 g/mol. The summed E-state index contributed by atoms with van der Waals surface area (Å²) in [5.41, 5.74) is 0.468. The highest BCUT2D eigenvalue weighted by Crippen LogP contribution is 2.39. The minimum atomic E-state index is -2.00. The zero-order chi connectivity index (χ0) is 18.1. The number of benzene rings is 1. The second kappa shape index (κ2) is 6.68. The number of β-lactam (4-membered cyclic amide) rings is 1. The lowest BCUT2D eigenvalue weighted by Crippen LogP contribution is -2.65. The molecule has 0 aromatic heterocycles. The highest BCUT2D eigenvalue weighted by Gasteiger charge is 2.49. The maximum Gasteiger partial charge on any atom is 0.340 e. The third-order valence-corrected chi connectivity index (χ3v) is 9.52. The van der Waals surface area contributed by atoms with E-state index >= 15 is 0 Å². The van der Waals surface area contributed by atoms with Gasteiger partial charge in [0.1, 0.15) is 5.92 Å². The smallest absolute Gasteiger partial charge is 0.340 e. The first-order valence-corrected chi connectivity index (χ1v) is 11.2. The molecule has 24 heavy (non-hydrogen) atoms. The molecule has 1 heterocycles. The van der Waals surface area contributed by atoms with Gasteiger partial charge in [0.25, 0.3) is 0 Å². The van der Waals surface area contributed by atoms with E-state index in [0.29, 0.717) is 5.56 Å². The molecule has 1 aromatic carbocycles. The average Bonchev–Trinajstić information content (AvgIpc) is 2.45. The lowest BCUT2D eigenvalue weighted by Gasteiger charge is -2.44. The number of nitrogens with one attached hydrogen (secondary N) is 1. The SMILES string of the molecule is C[C@@H](O[Si](C)(C)C(C)(C)C)[C@@H]1C(=O)N[C@@H]1OC(=O)c1ccccc1. The summed E-state index contributed by atoms with van der Waals surface area (Å²) in [5, 5.41) is 2.71. The number of rotatable bonds is 5. The van der Waals surface area contributed by atoms with Crippen molar-refractivity contribution >= 4 is 20.2 Å². The van der Waals surface area contributed by atoms with Crippen molar-refractivity contribution in [1.82, 2.24) is 5.32 Å². The summed E-state index contributed by atoms with van der Waals surface area (Å²) in [4.78, 5) is 24.1. The number of ether oxygens (including phenoxy) is 1. The number of hydrogen-bond donors (Lipinski definition) is 1. The van der Waals surface area contributed by atoms with Gasteiger partial charge in [-0.25, -0.2) is 4.79 Å². The first kappa shape index (κ1) is 18.7. The third-order valence-electron chi connectivity index (χ3n) is 4.95. The van der Waals surface area contributed by atoms with Crippen LogP contribution in [0.15, 0.2) is 30.3 Å². The molecule has 1 amide bonds. The van der Waals surface area contributed by atoms with Crippen LogP contribution in [0.25, 0.3) is 0 Å². The molecule has 0 radical (unpaired) electrons. The molecule has 5 nitrogen and oxygen atoms in total. The Morgan fingerprint density at radius 3 is 2.29 bits per heavy atom. The number of carbonyl (C=O) groups excluding carboxylic acids is 2. The lowest BCUT2D eigenvalue weighted by molar-refractivity contribution is -0.154. The van der Waals surface area contributed by atoms with Crippen LogP contribution < -0.4 is 5.32 Å². The van der Waals surface area contributed by atoms with Gasteiger partial charge < -0.3 is 14.5 Å². The molecule has 1 aliphatic heterocycles. The minimum absolute atomic E-state index is 0.0533. The van der Waals surface area contributed by atoms with Gasteiger partial charge >= 0.3 is 5.97 Å². The summed E-state index contributed by atoms with van der Waals surface area (Å²) in [5.74, 6) is -1.04. The van der Waals surface area contributed by atoms with Crippen molar-refractivity contribution in [3.05, 3.63) is 35.9 Å². The van der Waals surface area contributed by atoms with E-state index in [9.17, 15) is 9.59 Å². The number of amides is 1. The normalized spacial score (nSPS) is 22.3. The number of hydrogen-bond acceptors (Lipinski definition) is 4. The Morgan fingerprint density at radius 2 is 1.79 bits per heavy atom. The van der Waals surface area contributed by atoms with Gasteiger partial charge in [-0.3, -0.25) is 4.79 Å². The van der Waals surface area contributed by atoms with Crippen LogP contribution in [0.1, 0.15) is 38.1 Å². The van der Waals surface area contributed by atoms with Gasteiger partial charge in [0.2, 0.25) is 5.91 Å². The molecule has 3 atom stereocenters.